The van der Waals surface area contributed by atoms with E-state index < -0.39 is 0 Å². The van der Waals surface area contributed by atoms with Crippen molar-refractivity contribution >= 4 is 38.6 Å². The molecule has 1 aromatic heterocycles. The van der Waals surface area contributed by atoms with Crippen LogP contribution in [0.2, 0.25) is 0 Å². The highest BCUT2D eigenvalue weighted by molar-refractivity contribution is 9.10. The highest BCUT2D eigenvalue weighted by Gasteiger charge is 2.35. The van der Waals surface area contributed by atoms with Crippen LogP contribution >= 0.6 is 15.9 Å². The van der Waals surface area contributed by atoms with Crippen LogP contribution in [0.15, 0.2) is 63.9 Å². The molecular weight excluding hydrogens is 562 g/mol. The van der Waals surface area contributed by atoms with Crippen molar-refractivity contribution in [2.45, 2.75) is 32.7 Å². The summed E-state index contributed by atoms with van der Waals surface area (Å²) >= 11 is 3.53. The summed E-state index contributed by atoms with van der Waals surface area (Å²) in [5.41, 5.74) is 3.20. The second-order valence-corrected chi connectivity index (χ2v) is 10.2. The van der Waals surface area contributed by atoms with Gasteiger partial charge in [0.25, 0.3) is 17.4 Å². The first-order valence-electron chi connectivity index (χ1n) is 12.7. The lowest BCUT2D eigenvalue weighted by Crippen LogP contribution is -2.34. The second-order valence-electron chi connectivity index (χ2n) is 9.30. The molecule has 0 aliphatic carbocycles. The number of carbonyl (C=O) groups excluding carboxylic acids is 2. The maximum absolute atomic E-state index is 13.8. The molecule has 0 spiro atoms. The van der Waals surface area contributed by atoms with Crippen molar-refractivity contribution < 1.29 is 19.1 Å². The van der Waals surface area contributed by atoms with Gasteiger partial charge >= 0.3 is 0 Å². The fourth-order valence-corrected chi connectivity index (χ4v) is 5.53. The maximum Gasteiger partial charge on any atom is 0.261 e. The van der Waals surface area contributed by atoms with Gasteiger partial charge in [0, 0.05) is 24.0 Å². The summed E-state index contributed by atoms with van der Waals surface area (Å²) in [6, 6.07) is 16.2. The Hall–Kier alpha value is -3.98. The molecule has 1 aliphatic rings. The maximum atomic E-state index is 13.8. The van der Waals surface area contributed by atoms with Crippen LogP contribution < -0.4 is 15.0 Å². The van der Waals surface area contributed by atoms with Crippen LogP contribution in [0.25, 0.3) is 10.9 Å². The Kier molecular flexibility index (Phi) is 7.52. The van der Waals surface area contributed by atoms with Gasteiger partial charge in [-0.05, 0) is 60.4 Å². The average molecular weight is 590 g/mol. The van der Waals surface area contributed by atoms with Crippen molar-refractivity contribution in [2.24, 2.45) is 0 Å². The van der Waals surface area contributed by atoms with Gasteiger partial charge in [-0.3, -0.25) is 23.9 Å². The topological polar surface area (TPSA) is 90.7 Å². The summed E-state index contributed by atoms with van der Waals surface area (Å²) in [6.45, 7) is 2.51. The molecule has 39 heavy (non-hydrogen) atoms. The van der Waals surface area contributed by atoms with Gasteiger partial charge in [-0.25, -0.2) is 4.98 Å². The first kappa shape index (κ1) is 26.6. The smallest absolute Gasteiger partial charge is 0.261 e. The van der Waals surface area contributed by atoms with E-state index in [0.717, 1.165) is 15.6 Å². The summed E-state index contributed by atoms with van der Waals surface area (Å²) < 4.78 is 13.2. The van der Waals surface area contributed by atoms with Crippen LogP contribution in [-0.4, -0.2) is 47.0 Å². The Balaban J connectivity index is 1.51. The number of imide groups is 1. The number of nitrogens with zero attached hydrogens (tertiary/aromatic N) is 3. The molecule has 8 nitrogen and oxygen atoms in total. The van der Waals surface area contributed by atoms with Crippen molar-refractivity contribution in [3.63, 3.8) is 0 Å². The summed E-state index contributed by atoms with van der Waals surface area (Å²) in [4.78, 5) is 45.9. The van der Waals surface area contributed by atoms with Crippen LogP contribution in [0.1, 0.15) is 44.6 Å². The first-order valence-corrected chi connectivity index (χ1v) is 13.5. The van der Waals surface area contributed by atoms with E-state index in [4.69, 9.17) is 14.5 Å². The molecular formula is C30H28BrN3O5. The zero-order chi connectivity index (χ0) is 27.7. The number of carbonyl (C=O) groups is 2. The lowest BCUT2D eigenvalue weighted by Gasteiger charge is -2.18. The van der Waals surface area contributed by atoms with E-state index in [1.54, 1.807) is 49.1 Å². The molecule has 200 valence electrons. The fourth-order valence-electron chi connectivity index (χ4n) is 5.02. The van der Waals surface area contributed by atoms with Gasteiger partial charge in [0.15, 0.2) is 11.5 Å². The van der Waals surface area contributed by atoms with Crippen LogP contribution in [0.4, 0.5) is 0 Å². The molecule has 0 fully saturated rings. The Morgan fingerprint density at radius 2 is 1.54 bits per heavy atom. The highest BCUT2D eigenvalue weighted by Crippen LogP contribution is 2.28. The predicted molar refractivity (Wildman–Crippen MR) is 152 cm³/mol. The summed E-state index contributed by atoms with van der Waals surface area (Å²) in [7, 11) is 3.17. The number of ether oxygens (including phenoxy) is 2. The number of halogens is 1. The van der Waals surface area contributed by atoms with Crippen LogP contribution in [-0.2, 0) is 25.8 Å². The zero-order valence-electron chi connectivity index (χ0n) is 22.0. The molecule has 0 bridgehead atoms. The van der Waals surface area contributed by atoms with Crippen molar-refractivity contribution in [3.8, 4) is 11.5 Å². The second kappa shape index (κ2) is 11.0. The number of hydrogen-bond donors (Lipinski definition) is 0. The van der Waals surface area contributed by atoms with Gasteiger partial charge in [0.2, 0.25) is 0 Å². The van der Waals surface area contributed by atoms with Crippen LogP contribution in [0.5, 0.6) is 11.5 Å². The number of benzene rings is 3. The summed E-state index contributed by atoms with van der Waals surface area (Å²) in [6.07, 6.45) is 1.50. The number of fused-ring (bicyclic) bond motifs is 2. The van der Waals surface area contributed by atoms with Gasteiger partial charge < -0.3 is 9.47 Å². The quantitative estimate of drug-likeness (QED) is 0.260. The predicted octanol–water partition coefficient (Wildman–Crippen LogP) is 4.82. The molecule has 0 saturated heterocycles. The molecule has 0 unspecified atom stereocenters. The SMILES string of the molecule is CCc1cc(Br)cc2c(=O)n(CCc3ccc(OC)c(OC)c3)c(CCN3C(=O)c4ccccc4C3=O)nc12. The van der Waals surface area contributed by atoms with E-state index in [1.165, 1.54) is 4.90 Å². The third kappa shape index (κ3) is 4.94. The van der Waals surface area contributed by atoms with Gasteiger partial charge in [-0.1, -0.05) is 41.1 Å². The minimum absolute atomic E-state index is 0.124. The largest absolute Gasteiger partial charge is 0.493 e. The van der Waals surface area contributed by atoms with E-state index in [9.17, 15) is 14.4 Å². The van der Waals surface area contributed by atoms with Crippen LogP contribution in [0.3, 0.4) is 0 Å². The zero-order valence-corrected chi connectivity index (χ0v) is 23.6. The van der Waals surface area contributed by atoms with Crippen molar-refractivity contribution in [3.05, 3.63) is 97.5 Å². The van der Waals surface area contributed by atoms with Gasteiger partial charge in [0.05, 0.1) is 36.2 Å². The van der Waals surface area contributed by atoms with E-state index in [1.807, 2.05) is 31.2 Å². The molecule has 3 aromatic carbocycles. The molecule has 0 N–H and O–H groups in total. The third-order valence-corrected chi connectivity index (χ3v) is 7.53. The fraction of sp³-hybridized carbons (Fsp3) is 0.267. The molecule has 1 aliphatic heterocycles. The van der Waals surface area contributed by atoms with Gasteiger partial charge in [0.1, 0.15) is 5.82 Å². The van der Waals surface area contributed by atoms with Gasteiger partial charge in [-0.2, -0.15) is 0 Å². The number of methoxy groups -OCH3 is 2. The molecule has 2 heterocycles. The number of aryl methyl sites for hydroxylation is 2. The standard InChI is InChI=1S/C30H28BrN3O5/c1-4-19-16-20(31)17-23-27(19)32-26(12-14-34-28(35)21-7-5-6-8-22(21)29(34)36)33(30(23)37)13-11-18-9-10-24(38-2)25(15-18)39-3/h5-10,15-17H,4,11-14H2,1-3H3. The average Bonchev–Trinajstić information content (AvgIpc) is 3.20. The van der Waals surface area contributed by atoms with E-state index in [-0.39, 0.29) is 30.3 Å². The lowest BCUT2D eigenvalue weighted by molar-refractivity contribution is 0.0655. The number of hydrogen-bond acceptors (Lipinski definition) is 6. The third-order valence-electron chi connectivity index (χ3n) is 7.07. The Morgan fingerprint density at radius 1 is 0.846 bits per heavy atom. The molecule has 4 aromatic rings. The van der Waals surface area contributed by atoms with Crippen molar-refractivity contribution in [1.82, 2.24) is 14.5 Å². The van der Waals surface area contributed by atoms with E-state index in [0.29, 0.717) is 58.7 Å². The molecule has 5 rings (SSSR count). The molecule has 2 amide bonds. The molecule has 0 radical (unpaired) electrons. The van der Waals surface area contributed by atoms with Crippen molar-refractivity contribution in [2.75, 3.05) is 20.8 Å². The minimum Gasteiger partial charge on any atom is -0.493 e. The number of aromatic nitrogens is 2. The van der Waals surface area contributed by atoms with E-state index >= 15 is 0 Å². The molecule has 0 atom stereocenters. The monoisotopic (exact) mass is 589 g/mol. The number of rotatable bonds is 9. The molecule has 9 heteroatoms. The molecule has 0 saturated carbocycles. The van der Waals surface area contributed by atoms with E-state index in [2.05, 4.69) is 15.9 Å². The normalized spacial score (nSPS) is 12.8. The van der Waals surface area contributed by atoms with Crippen molar-refractivity contribution in [1.29, 1.82) is 0 Å². The number of amides is 2. The lowest BCUT2D eigenvalue weighted by atomic mass is 10.1. The summed E-state index contributed by atoms with van der Waals surface area (Å²) in [5.74, 6) is 1.12. The Bertz CT molecular complexity index is 1630. The summed E-state index contributed by atoms with van der Waals surface area (Å²) in [5, 5.41) is 0.526. The minimum atomic E-state index is -0.325. The Morgan fingerprint density at radius 3 is 2.18 bits per heavy atom. The first-order chi connectivity index (χ1) is 18.9. The van der Waals surface area contributed by atoms with Gasteiger partial charge in [-0.15, -0.1) is 0 Å². The van der Waals surface area contributed by atoms with Crippen LogP contribution in [0, 0.1) is 0 Å². The Labute approximate surface area is 234 Å². The highest BCUT2D eigenvalue weighted by atomic mass is 79.9.